The summed E-state index contributed by atoms with van der Waals surface area (Å²) in [6, 6.07) is 5.76. The summed E-state index contributed by atoms with van der Waals surface area (Å²) in [4.78, 5) is 12.1. The Bertz CT molecular complexity index is 508. The Kier molecular flexibility index (Phi) is 3.05. The normalized spacial score (nSPS) is 16.9. The fourth-order valence-corrected chi connectivity index (χ4v) is 2.58. The molecule has 1 fully saturated rings. The van der Waals surface area contributed by atoms with Crippen LogP contribution in [0.4, 0.5) is 0 Å². The summed E-state index contributed by atoms with van der Waals surface area (Å²) in [7, 11) is 0. The number of ether oxygens (including phenoxy) is 1. The van der Waals surface area contributed by atoms with Gasteiger partial charge in [-0.2, -0.15) is 0 Å². The van der Waals surface area contributed by atoms with Crippen molar-refractivity contribution in [2.24, 2.45) is 0 Å². The molecule has 0 saturated heterocycles. The Morgan fingerprint density at radius 1 is 1.17 bits per heavy atom. The van der Waals surface area contributed by atoms with Gasteiger partial charge < -0.3 is 9.15 Å². The first-order chi connectivity index (χ1) is 8.84. The predicted octanol–water partition coefficient (Wildman–Crippen LogP) is 3.87. The van der Waals surface area contributed by atoms with Crippen LogP contribution < -0.4 is 0 Å². The number of carbonyl (C=O) groups is 1. The average Bonchev–Trinajstić information content (AvgIpc) is 2.87. The second-order valence-electron chi connectivity index (χ2n) is 4.85. The highest BCUT2D eigenvalue weighted by atomic mass is 16.5. The maximum atomic E-state index is 12.1. The van der Waals surface area contributed by atoms with E-state index in [1.807, 2.05) is 18.2 Å². The zero-order chi connectivity index (χ0) is 12.4. The fourth-order valence-electron chi connectivity index (χ4n) is 2.58. The van der Waals surface area contributed by atoms with E-state index in [4.69, 9.17) is 9.15 Å². The molecule has 0 N–H and O–H groups in total. The number of rotatable bonds is 2. The monoisotopic (exact) mass is 244 g/mol. The maximum absolute atomic E-state index is 12.1. The van der Waals surface area contributed by atoms with Gasteiger partial charge in [-0.15, -0.1) is 0 Å². The van der Waals surface area contributed by atoms with Crippen LogP contribution in [0.1, 0.15) is 42.5 Å². The Morgan fingerprint density at radius 3 is 2.83 bits per heavy atom. The number of esters is 1. The van der Waals surface area contributed by atoms with E-state index in [2.05, 4.69) is 0 Å². The highest BCUT2D eigenvalue weighted by molar-refractivity contribution is 5.97. The van der Waals surface area contributed by atoms with Gasteiger partial charge in [0.1, 0.15) is 17.9 Å². The first-order valence-electron chi connectivity index (χ1n) is 6.50. The van der Waals surface area contributed by atoms with Gasteiger partial charge in [-0.05, 0) is 25.7 Å². The molecule has 2 aliphatic carbocycles. The second kappa shape index (κ2) is 4.84. The molecule has 3 nitrogen and oxygen atoms in total. The van der Waals surface area contributed by atoms with Crippen molar-refractivity contribution in [3.8, 4) is 11.1 Å². The van der Waals surface area contributed by atoms with E-state index in [9.17, 15) is 4.79 Å². The molecule has 1 heterocycles. The van der Waals surface area contributed by atoms with Crippen LogP contribution >= 0.6 is 0 Å². The van der Waals surface area contributed by atoms with Crippen LogP contribution in [0.5, 0.6) is 0 Å². The SMILES string of the molecule is O=C(OC1CCCCC1)c1cocc2cccc1-2. The molecule has 0 unspecified atom stereocenters. The minimum absolute atomic E-state index is 0.0801. The van der Waals surface area contributed by atoms with Crippen LogP contribution in [0.25, 0.3) is 11.1 Å². The standard InChI is InChI=1S/C15H16O3/c16-15(18-12-6-2-1-3-7-12)14-10-17-9-11-5-4-8-13(11)14/h4-5,8-10,12H,1-3,6-7H2. The van der Waals surface area contributed by atoms with Gasteiger partial charge in [-0.1, -0.05) is 24.6 Å². The summed E-state index contributed by atoms with van der Waals surface area (Å²) in [6.07, 6.45) is 8.74. The van der Waals surface area contributed by atoms with E-state index in [0.29, 0.717) is 5.56 Å². The van der Waals surface area contributed by atoms with Crippen LogP contribution in [0.2, 0.25) is 0 Å². The lowest BCUT2D eigenvalue weighted by molar-refractivity contribution is 0.0209. The third-order valence-corrected chi connectivity index (χ3v) is 3.57. The maximum Gasteiger partial charge on any atom is 0.342 e. The molecule has 0 bridgehead atoms. The van der Waals surface area contributed by atoms with E-state index in [-0.39, 0.29) is 12.1 Å². The highest BCUT2D eigenvalue weighted by Gasteiger charge is 2.22. The lowest BCUT2D eigenvalue weighted by Gasteiger charge is -2.22. The lowest BCUT2D eigenvalue weighted by atomic mass is 9.97. The van der Waals surface area contributed by atoms with Crippen molar-refractivity contribution in [3.63, 3.8) is 0 Å². The predicted molar refractivity (Wildman–Crippen MR) is 67.6 cm³/mol. The third-order valence-electron chi connectivity index (χ3n) is 3.57. The van der Waals surface area contributed by atoms with E-state index in [1.165, 1.54) is 12.7 Å². The first-order valence-corrected chi connectivity index (χ1v) is 6.50. The van der Waals surface area contributed by atoms with Gasteiger partial charge in [0.15, 0.2) is 0 Å². The topological polar surface area (TPSA) is 39.4 Å². The molecule has 0 spiro atoms. The smallest absolute Gasteiger partial charge is 0.342 e. The minimum atomic E-state index is -0.262. The van der Waals surface area contributed by atoms with E-state index in [1.54, 1.807) is 6.26 Å². The summed E-state index contributed by atoms with van der Waals surface area (Å²) in [6.45, 7) is 0. The van der Waals surface area contributed by atoms with Gasteiger partial charge in [0, 0.05) is 11.1 Å². The second-order valence-corrected chi connectivity index (χ2v) is 4.85. The molecule has 18 heavy (non-hydrogen) atoms. The van der Waals surface area contributed by atoms with Crippen molar-refractivity contribution in [2.45, 2.75) is 38.2 Å². The van der Waals surface area contributed by atoms with Crippen LogP contribution in [-0.4, -0.2) is 12.1 Å². The van der Waals surface area contributed by atoms with Crippen molar-refractivity contribution in [2.75, 3.05) is 0 Å². The number of fused-ring (bicyclic) bond motifs is 1. The summed E-state index contributed by atoms with van der Waals surface area (Å²) in [5.74, 6) is -0.262. The van der Waals surface area contributed by atoms with Gasteiger partial charge in [0.05, 0.1) is 6.26 Å². The van der Waals surface area contributed by atoms with Crippen molar-refractivity contribution in [3.05, 3.63) is 36.3 Å². The summed E-state index contributed by atoms with van der Waals surface area (Å²) in [5, 5.41) is 0. The van der Waals surface area contributed by atoms with E-state index >= 15 is 0 Å². The first kappa shape index (κ1) is 11.3. The van der Waals surface area contributed by atoms with Crippen LogP contribution in [0, 0.1) is 0 Å². The largest absolute Gasteiger partial charge is 0.471 e. The molecular weight excluding hydrogens is 228 g/mol. The molecule has 0 amide bonds. The summed E-state index contributed by atoms with van der Waals surface area (Å²) >= 11 is 0. The van der Waals surface area contributed by atoms with Gasteiger partial charge >= 0.3 is 5.97 Å². The molecule has 0 aromatic carbocycles. The molecule has 94 valence electrons. The summed E-state index contributed by atoms with van der Waals surface area (Å²) in [5.41, 5.74) is 2.37. The molecular formula is C15H16O3. The number of hydrogen-bond donors (Lipinski definition) is 0. The molecule has 1 aliphatic heterocycles. The Morgan fingerprint density at radius 2 is 2.00 bits per heavy atom. The Labute approximate surface area is 106 Å². The van der Waals surface area contributed by atoms with Crippen LogP contribution in [0.3, 0.4) is 0 Å². The van der Waals surface area contributed by atoms with Gasteiger partial charge in [0.2, 0.25) is 0 Å². The molecule has 0 radical (unpaired) electrons. The van der Waals surface area contributed by atoms with Crippen LogP contribution in [0.15, 0.2) is 35.1 Å². The quantitative estimate of drug-likeness (QED) is 0.753. The number of hydrogen-bond acceptors (Lipinski definition) is 3. The molecule has 0 aromatic rings. The van der Waals surface area contributed by atoms with Crippen molar-refractivity contribution < 1.29 is 13.9 Å². The van der Waals surface area contributed by atoms with Gasteiger partial charge in [-0.3, -0.25) is 0 Å². The molecule has 3 heteroatoms. The van der Waals surface area contributed by atoms with Gasteiger partial charge in [0.25, 0.3) is 0 Å². The minimum Gasteiger partial charge on any atom is -0.471 e. The average molecular weight is 244 g/mol. The van der Waals surface area contributed by atoms with Gasteiger partial charge in [-0.25, -0.2) is 4.79 Å². The third kappa shape index (κ3) is 2.13. The van der Waals surface area contributed by atoms with Crippen molar-refractivity contribution in [1.82, 2.24) is 0 Å². The summed E-state index contributed by atoms with van der Waals surface area (Å²) < 4.78 is 10.7. The molecule has 1 saturated carbocycles. The molecule has 3 rings (SSSR count). The zero-order valence-electron chi connectivity index (χ0n) is 10.2. The molecule has 3 aliphatic rings. The fraction of sp³-hybridized carbons (Fsp3) is 0.400. The Hall–Kier alpha value is -1.77. The Balaban J connectivity index is 1.77. The lowest BCUT2D eigenvalue weighted by Crippen LogP contribution is -2.21. The number of carbonyl (C=O) groups excluding carboxylic acids is 1. The van der Waals surface area contributed by atoms with E-state index in [0.717, 1.165) is 36.8 Å². The highest BCUT2D eigenvalue weighted by Crippen LogP contribution is 2.28. The zero-order valence-corrected chi connectivity index (χ0v) is 10.2. The van der Waals surface area contributed by atoms with Crippen molar-refractivity contribution >= 4 is 5.97 Å². The van der Waals surface area contributed by atoms with Crippen LogP contribution in [-0.2, 0) is 4.74 Å². The van der Waals surface area contributed by atoms with E-state index < -0.39 is 0 Å². The molecule has 0 atom stereocenters. The van der Waals surface area contributed by atoms with Crippen molar-refractivity contribution in [1.29, 1.82) is 0 Å². The molecule has 0 aromatic heterocycles.